The van der Waals surface area contributed by atoms with Crippen LogP contribution < -0.4 is 0 Å². The molecule has 0 bridgehead atoms. The third-order valence-electron chi connectivity index (χ3n) is 4.76. The van der Waals surface area contributed by atoms with Gasteiger partial charge in [-0.3, -0.25) is 0 Å². The van der Waals surface area contributed by atoms with Crippen molar-refractivity contribution in [3.63, 3.8) is 0 Å². The van der Waals surface area contributed by atoms with Crippen molar-refractivity contribution in [1.82, 2.24) is 4.41 Å². The van der Waals surface area contributed by atoms with Gasteiger partial charge < -0.3 is 5.11 Å². The van der Waals surface area contributed by atoms with Gasteiger partial charge >= 0.3 is 6.18 Å². The molecule has 1 aliphatic heterocycles. The van der Waals surface area contributed by atoms with Crippen LogP contribution >= 0.6 is 0 Å². The summed E-state index contributed by atoms with van der Waals surface area (Å²) in [6.45, 7) is 0. The molecule has 1 N–H and O–H groups in total. The van der Waals surface area contributed by atoms with Crippen molar-refractivity contribution in [2.75, 3.05) is 0 Å². The van der Waals surface area contributed by atoms with Gasteiger partial charge in [0.1, 0.15) is 0 Å². The summed E-state index contributed by atoms with van der Waals surface area (Å²) < 4.78 is 65.9. The highest BCUT2D eigenvalue weighted by atomic mass is 32.2. The Kier molecular flexibility index (Phi) is 4.57. The lowest BCUT2D eigenvalue weighted by atomic mass is 9.83. The van der Waals surface area contributed by atoms with Crippen molar-refractivity contribution in [3.8, 4) is 0 Å². The summed E-state index contributed by atoms with van der Waals surface area (Å²) in [6, 6.07) is 6.72. The Morgan fingerprint density at radius 3 is 2.28 bits per heavy atom. The number of hydrogen-bond acceptors (Lipinski definition) is 4. The minimum atomic E-state index is -5.16. The molecule has 138 valence electrons. The predicted octanol–water partition coefficient (Wildman–Crippen LogP) is 3.27. The van der Waals surface area contributed by atoms with Crippen LogP contribution in [0.1, 0.15) is 38.5 Å². The molecule has 1 saturated carbocycles. The molecule has 1 aromatic carbocycles. The largest absolute Gasteiger partial charge is 0.439 e. The monoisotopic (exact) mass is 376 g/mol. The van der Waals surface area contributed by atoms with Crippen LogP contribution in [-0.4, -0.2) is 35.6 Å². The van der Waals surface area contributed by atoms with Crippen molar-refractivity contribution >= 4 is 15.7 Å². The summed E-state index contributed by atoms with van der Waals surface area (Å²) in [5.74, 6) is -0.224. The molecule has 2 aliphatic rings. The smallest absolute Gasteiger partial charge is 0.361 e. The second-order valence-electron chi connectivity index (χ2n) is 6.48. The highest BCUT2D eigenvalue weighted by Crippen LogP contribution is 2.45. The molecule has 0 radical (unpaired) electrons. The van der Waals surface area contributed by atoms with Crippen LogP contribution in [0.25, 0.3) is 0 Å². The first-order valence-corrected chi connectivity index (χ1v) is 9.57. The third-order valence-corrected chi connectivity index (χ3v) is 6.47. The summed E-state index contributed by atoms with van der Waals surface area (Å²) in [6.07, 6.45) is -1.96. The molecule has 1 atom stereocenters. The number of aliphatic hydroxyl groups is 1. The van der Waals surface area contributed by atoms with Crippen LogP contribution in [-0.2, 0) is 10.0 Å². The van der Waals surface area contributed by atoms with E-state index in [2.05, 4.69) is 5.10 Å². The topological polar surface area (TPSA) is 70.0 Å². The van der Waals surface area contributed by atoms with E-state index >= 15 is 0 Å². The Hall–Kier alpha value is -1.61. The van der Waals surface area contributed by atoms with Gasteiger partial charge in [0, 0.05) is 12.1 Å². The van der Waals surface area contributed by atoms with Gasteiger partial charge in [0.15, 0.2) is 0 Å². The molecule has 0 spiro atoms. The summed E-state index contributed by atoms with van der Waals surface area (Å²) in [5.41, 5.74) is -3.44. The van der Waals surface area contributed by atoms with Crippen molar-refractivity contribution in [3.05, 3.63) is 30.3 Å². The van der Waals surface area contributed by atoms with Crippen LogP contribution in [0.2, 0.25) is 0 Å². The van der Waals surface area contributed by atoms with Gasteiger partial charge in [-0.1, -0.05) is 37.5 Å². The fourth-order valence-corrected chi connectivity index (χ4v) is 4.85. The van der Waals surface area contributed by atoms with Gasteiger partial charge in [-0.05, 0) is 30.9 Å². The summed E-state index contributed by atoms with van der Waals surface area (Å²) in [7, 11) is -4.63. The molecule has 5 nitrogen and oxygen atoms in total. The van der Waals surface area contributed by atoms with Gasteiger partial charge in [0.25, 0.3) is 15.7 Å². The normalized spacial score (nSPS) is 25.9. The first-order chi connectivity index (χ1) is 11.7. The Morgan fingerprint density at radius 2 is 1.72 bits per heavy atom. The molecule has 0 aromatic heterocycles. The number of sulfonamides is 1. The van der Waals surface area contributed by atoms with Crippen LogP contribution in [0, 0.1) is 5.92 Å². The highest BCUT2D eigenvalue weighted by Gasteiger charge is 2.65. The average Bonchev–Trinajstić information content (AvgIpc) is 2.96. The molecular formula is C16H19F3N2O3S. The zero-order valence-electron chi connectivity index (χ0n) is 13.4. The van der Waals surface area contributed by atoms with Gasteiger partial charge in [-0.2, -0.15) is 26.7 Å². The van der Waals surface area contributed by atoms with Gasteiger partial charge in [-0.25, -0.2) is 0 Å². The van der Waals surface area contributed by atoms with Crippen LogP contribution in [0.5, 0.6) is 0 Å². The Labute approximate surface area is 144 Å². The maximum absolute atomic E-state index is 13.6. The van der Waals surface area contributed by atoms with Crippen molar-refractivity contribution in [1.29, 1.82) is 0 Å². The molecule has 1 fully saturated rings. The summed E-state index contributed by atoms with van der Waals surface area (Å²) in [4.78, 5) is -0.341. The van der Waals surface area contributed by atoms with E-state index < -0.39 is 28.3 Å². The van der Waals surface area contributed by atoms with E-state index in [-0.39, 0.29) is 20.9 Å². The lowest BCUT2D eigenvalue weighted by molar-refractivity contribution is -0.291. The highest BCUT2D eigenvalue weighted by molar-refractivity contribution is 7.89. The zero-order valence-corrected chi connectivity index (χ0v) is 14.2. The standard InChI is InChI=1S/C16H19F3N2O3S/c17-16(18,19)15(22)11-14(12-7-3-1-4-8-12)20-21(15)25(23,24)13-9-5-2-6-10-13/h2,5-6,9-10,12,22H,1,3-4,7-8,11H2. The number of nitrogens with zero attached hydrogens (tertiary/aromatic N) is 2. The van der Waals surface area contributed by atoms with Crippen LogP contribution in [0.4, 0.5) is 13.2 Å². The first kappa shape index (κ1) is 18.2. The molecule has 25 heavy (non-hydrogen) atoms. The zero-order chi connectivity index (χ0) is 18.3. The van der Waals surface area contributed by atoms with E-state index in [0.717, 1.165) is 19.3 Å². The van der Waals surface area contributed by atoms with E-state index in [0.29, 0.717) is 12.8 Å². The summed E-state index contributed by atoms with van der Waals surface area (Å²) in [5, 5.41) is 14.1. The summed E-state index contributed by atoms with van der Waals surface area (Å²) >= 11 is 0. The van der Waals surface area contributed by atoms with Crippen LogP contribution in [0.3, 0.4) is 0 Å². The van der Waals surface area contributed by atoms with Crippen molar-refractivity contribution < 1.29 is 26.7 Å². The molecule has 1 unspecified atom stereocenters. The number of hydrazone groups is 1. The maximum Gasteiger partial charge on any atom is 0.439 e. The molecule has 9 heteroatoms. The SMILES string of the molecule is O=S(=O)(c1ccccc1)N1N=C(C2CCCCC2)CC1(O)C(F)(F)F. The Bertz CT molecular complexity index is 759. The minimum absolute atomic E-state index is 0.110. The number of alkyl halides is 3. The van der Waals surface area contributed by atoms with E-state index in [9.17, 15) is 26.7 Å². The van der Waals surface area contributed by atoms with Crippen molar-refractivity contribution in [2.24, 2.45) is 11.0 Å². The Balaban J connectivity index is 2.04. The Morgan fingerprint density at radius 1 is 1.12 bits per heavy atom. The molecule has 1 aliphatic carbocycles. The van der Waals surface area contributed by atoms with Crippen molar-refractivity contribution in [2.45, 2.75) is 55.3 Å². The van der Waals surface area contributed by atoms with E-state index in [1.54, 1.807) is 6.07 Å². The number of benzene rings is 1. The quantitative estimate of drug-likeness (QED) is 0.880. The fraction of sp³-hybridized carbons (Fsp3) is 0.562. The van der Waals surface area contributed by atoms with E-state index in [4.69, 9.17) is 0 Å². The molecule has 0 amide bonds. The molecular weight excluding hydrogens is 357 g/mol. The lowest BCUT2D eigenvalue weighted by Gasteiger charge is -2.33. The molecule has 0 saturated heterocycles. The lowest BCUT2D eigenvalue weighted by Crippen LogP contribution is -2.56. The number of hydrogen-bond donors (Lipinski definition) is 1. The second-order valence-corrected chi connectivity index (χ2v) is 8.25. The molecule has 1 heterocycles. The maximum atomic E-state index is 13.6. The van der Waals surface area contributed by atoms with Gasteiger partial charge in [-0.15, -0.1) is 4.41 Å². The average molecular weight is 376 g/mol. The third kappa shape index (κ3) is 3.15. The van der Waals surface area contributed by atoms with Gasteiger partial charge in [0.2, 0.25) is 0 Å². The first-order valence-electron chi connectivity index (χ1n) is 8.13. The second kappa shape index (κ2) is 6.28. The number of rotatable bonds is 3. The van der Waals surface area contributed by atoms with E-state index in [1.807, 2.05) is 0 Å². The fourth-order valence-electron chi connectivity index (χ4n) is 3.37. The predicted molar refractivity (Wildman–Crippen MR) is 85.1 cm³/mol. The molecule has 3 rings (SSSR count). The van der Waals surface area contributed by atoms with Gasteiger partial charge in [0.05, 0.1) is 4.90 Å². The van der Waals surface area contributed by atoms with Crippen LogP contribution in [0.15, 0.2) is 40.3 Å². The minimum Gasteiger partial charge on any atom is -0.361 e. The molecule has 1 aromatic rings. The number of halogens is 3. The van der Waals surface area contributed by atoms with E-state index in [1.165, 1.54) is 24.3 Å².